The van der Waals surface area contributed by atoms with Crippen molar-refractivity contribution < 1.29 is 14.3 Å². The molecule has 2 rings (SSSR count). The maximum absolute atomic E-state index is 11.0. The molecule has 0 atom stereocenters. The number of hydrazone groups is 1. The number of hydrogen-bond donors (Lipinski definition) is 1. The molecule has 0 spiro atoms. The zero-order valence-electron chi connectivity index (χ0n) is 9.52. The Labute approximate surface area is 103 Å². The van der Waals surface area contributed by atoms with Crippen molar-refractivity contribution in [2.45, 2.75) is 0 Å². The molecule has 1 aromatic rings. The summed E-state index contributed by atoms with van der Waals surface area (Å²) >= 11 is 1.40. The van der Waals surface area contributed by atoms with E-state index in [2.05, 4.69) is 10.5 Å². The van der Waals surface area contributed by atoms with Gasteiger partial charge in [0.25, 0.3) is 5.91 Å². The standard InChI is InChI=1S/C11H12N2O3S/c1-15-8-4-3-7(5-9(8)16-2)11-13-12-10(14)6-17-11/h3-5H,6H2,1-2H3,(H,12,14). The molecule has 0 radical (unpaired) electrons. The average Bonchev–Trinajstić information content (AvgIpc) is 2.39. The summed E-state index contributed by atoms with van der Waals surface area (Å²) < 4.78 is 10.4. The van der Waals surface area contributed by atoms with E-state index in [0.29, 0.717) is 17.3 Å². The van der Waals surface area contributed by atoms with Crippen LogP contribution in [0.2, 0.25) is 0 Å². The van der Waals surface area contributed by atoms with E-state index in [1.54, 1.807) is 14.2 Å². The van der Waals surface area contributed by atoms with Gasteiger partial charge in [-0.1, -0.05) is 11.8 Å². The van der Waals surface area contributed by atoms with E-state index in [-0.39, 0.29) is 5.91 Å². The van der Waals surface area contributed by atoms with Crippen LogP contribution >= 0.6 is 11.8 Å². The lowest BCUT2D eigenvalue weighted by molar-refractivity contribution is -0.118. The van der Waals surface area contributed by atoms with Gasteiger partial charge in [0.05, 0.1) is 20.0 Å². The Balaban J connectivity index is 2.30. The van der Waals surface area contributed by atoms with E-state index in [9.17, 15) is 4.79 Å². The van der Waals surface area contributed by atoms with Crippen molar-refractivity contribution in [3.8, 4) is 11.5 Å². The highest BCUT2D eigenvalue weighted by molar-refractivity contribution is 8.15. The monoisotopic (exact) mass is 252 g/mol. The number of nitrogens with one attached hydrogen (secondary N) is 1. The highest BCUT2D eigenvalue weighted by Gasteiger charge is 2.15. The third kappa shape index (κ3) is 2.52. The molecular weight excluding hydrogens is 240 g/mol. The maximum Gasteiger partial charge on any atom is 0.250 e. The number of thioether (sulfide) groups is 1. The van der Waals surface area contributed by atoms with Gasteiger partial charge in [0.2, 0.25) is 0 Å². The average molecular weight is 252 g/mol. The fourth-order valence-electron chi connectivity index (χ4n) is 1.43. The first-order valence-electron chi connectivity index (χ1n) is 4.96. The van der Waals surface area contributed by atoms with Crippen LogP contribution in [-0.2, 0) is 4.79 Å². The van der Waals surface area contributed by atoms with Crippen LogP contribution in [-0.4, -0.2) is 30.9 Å². The fraction of sp³-hybridized carbons (Fsp3) is 0.273. The number of nitrogens with zero attached hydrogens (tertiary/aromatic N) is 1. The van der Waals surface area contributed by atoms with Crippen molar-refractivity contribution in [1.82, 2.24) is 5.43 Å². The molecule has 0 saturated carbocycles. The van der Waals surface area contributed by atoms with E-state index in [1.165, 1.54) is 11.8 Å². The van der Waals surface area contributed by atoms with E-state index >= 15 is 0 Å². The van der Waals surface area contributed by atoms with Crippen LogP contribution < -0.4 is 14.9 Å². The number of rotatable bonds is 3. The summed E-state index contributed by atoms with van der Waals surface area (Å²) in [4.78, 5) is 11.0. The van der Waals surface area contributed by atoms with Crippen LogP contribution in [0.4, 0.5) is 0 Å². The second-order valence-corrected chi connectivity index (χ2v) is 4.27. The van der Waals surface area contributed by atoms with E-state index < -0.39 is 0 Å². The van der Waals surface area contributed by atoms with Crippen LogP contribution in [0.1, 0.15) is 5.56 Å². The number of ether oxygens (including phenoxy) is 2. The summed E-state index contributed by atoms with van der Waals surface area (Å²) in [5, 5.41) is 4.76. The molecule has 0 unspecified atom stereocenters. The number of hydrogen-bond acceptors (Lipinski definition) is 5. The van der Waals surface area contributed by atoms with Gasteiger partial charge in [-0.25, -0.2) is 5.43 Å². The summed E-state index contributed by atoms with van der Waals surface area (Å²) in [5.74, 6) is 1.61. The van der Waals surface area contributed by atoms with Crippen molar-refractivity contribution in [1.29, 1.82) is 0 Å². The SMILES string of the molecule is COc1ccc(C2=NNC(=O)CS2)cc1OC. The molecule has 1 aliphatic rings. The van der Waals surface area contributed by atoms with E-state index in [1.807, 2.05) is 18.2 Å². The van der Waals surface area contributed by atoms with Gasteiger partial charge in [-0.05, 0) is 18.2 Å². The Kier molecular flexibility index (Phi) is 3.53. The zero-order chi connectivity index (χ0) is 12.3. The summed E-state index contributed by atoms with van der Waals surface area (Å²) in [6.07, 6.45) is 0. The Morgan fingerprint density at radius 2 is 2.06 bits per heavy atom. The molecule has 0 fully saturated rings. The van der Waals surface area contributed by atoms with E-state index in [4.69, 9.17) is 9.47 Å². The number of benzene rings is 1. The summed E-state index contributed by atoms with van der Waals surface area (Å²) in [5.41, 5.74) is 3.35. The third-order valence-electron chi connectivity index (χ3n) is 2.25. The van der Waals surface area contributed by atoms with Gasteiger partial charge in [0.1, 0.15) is 5.04 Å². The second kappa shape index (κ2) is 5.09. The lowest BCUT2D eigenvalue weighted by atomic mass is 10.2. The topological polar surface area (TPSA) is 59.9 Å². The van der Waals surface area contributed by atoms with Gasteiger partial charge in [-0.2, -0.15) is 5.10 Å². The van der Waals surface area contributed by atoms with Gasteiger partial charge in [-0.3, -0.25) is 4.79 Å². The van der Waals surface area contributed by atoms with Crippen molar-refractivity contribution in [3.63, 3.8) is 0 Å². The summed E-state index contributed by atoms with van der Waals surface area (Å²) in [7, 11) is 3.17. The smallest absolute Gasteiger partial charge is 0.250 e. The molecule has 5 nitrogen and oxygen atoms in total. The number of amides is 1. The highest BCUT2D eigenvalue weighted by Crippen LogP contribution is 2.29. The van der Waals surface area contributed by atoms with Crippen molar-refractivity contribution >= 4 is 22.7 Å². The molecule has 0 aromatic heterocycles. The Morgan fingerprint density at radius 3 is 2.65 bits per heavy atom. The number of methoxy groups -OCH3 is 2. The van der Waals surface area contributed by atoms with Crippen LogP contribution in [0.15, 0.2) is 23.3 Å². The van der Waals surface area contributed by atoms with Gasteiger partial charge in [0.15, 0.2) is 11.5 Å². The molecule has 0 bridgehead atoms. The van der Waals surface area contributed by atoms with Gasteiger partial charge < -0.3 is 9.47 Å². The largest absolute Gasteiger partial charge is 0.493 e. The van der Waals surface area contributed by atoms with Crippen LogP contribution in [0.5, 0.6) is 11.5 Å². The van der Waals surface area contributed by atoms with Crippen LogP contribution in [0.25, 0.3) is 0 Å². The number of carbonyl (C=O) groups excluding carboxylic acids is 1. The Hall–Kier alpha value is -1.69. The third-order valence-corrected chi connectivity index (χ3v) is 3.26. The summed E-state index contributed by atoms with van der Waals surface area (Å²) in [6.45, 7) is 0. The molecule has 1 aliphatic heterocycles. The first kappa shape index (κ1) is 11.8. The fourth-order valence-corrected chi connectivity index (χ4v) is 2.16. The second-order valence-electron chi connectivity index (χ2n) is 3.31. The van der Waals surface area contributed by atoms with Crippen molar-refractivity contribution in [2.75, 3.05) is 20.0 Å². The van der Waals surface area contributed by atoms with Crippen LogP contribution in [0, 0.1) is 0 Å². The molecule has 1 aromatic carbocycles. The van der Waals surface area contributed by atoms with Crippen molar-refractivity contribution in [3.05, 3.63) is 23.8 Å². The van der Waals surface area contributed by atoms with Crippen LogP contribution in [0.3, 0.4) is 0 Å². The zero-order valence-corrected chi connectivity index (χ0v) is 10.3. The minimum Gasteiger partial charge on any atom is -0.493 e. The van der Waals surface area contributed by atoms with Gasteiger partial charge in [-0.15, -0.1) is 0 Å². The highest BCUT2D eigenvalue weighted by atomic mass is 32.2. The molecule has 1 heterocycles. The predicted molar refractivity (Wildman–Crippen MR) is 66.7 cm³/mol. The molecule has 90 valence electrons. The first-order chi connectivity index (χ1) is 8.24. The first-order valence-corrected chi connectivity index (χ1v) is 5.95. The minimum atomic E-state index is -0.0840. The molecular formula is C11H12N2O3S. The maximum atomic E-state index is 11.0. The lowest BCUT2D eigenvalue weighted by Crippen LogP contribution is -2.26. The molecule has 0 aliphatic carbocycles. The van der Waals surface area contributed by atoms with Crippen molar-refractivity contribution in [2.24, 2.45) is 5.10 Å². The molecule has 1 N–H and O–H groups in total. The molecule has 6 heteroatoms. The minimum absolute atomic E-state index is 0.0840. The molecule has 1 amide bonds. The Morgan fingerprint density at radius 1 is 1.29 bits per heavy atom. The normalized spacial score (nSPS) is 14.9. The summed E-state index contributed by atoms with van der Waals surface area (Å²) in [6, 6.07) is 5.53. The quantitative estimate of drug-likeness (QED) is 0.879. The predicted octanol–water partition coefficient (Wildman–Crippen LogP) is 1.23. The van der Waals surface area contributed by atoms with Gasteiger partial charge in [0, 0.05) is 5.56 Å². The van der Waals surface area contributed by atoms with E-state index in [0.717, 1.165) is 10.6 Å². The molecule has 0 saturated heterocycles. The number of carbonyl (C=O) groups is 1. The van der Waals surface area contributed by atoms with Gasteiger partial charge >= 0.3 is 0 Å². The Bertz CT molecular complexity index is 474. The lowest BCUT2D eigenvalue weighted by Gasteiger charge is -2.13. The molecule has 17 heavy (non-hydrogen) atoms.